The van der Waals surface area contributed by atoms with Gasteiger partial charge in [-0.2, -0.15) is 0 Å². The quantitative estimate of drug-likeness (QED) is 0.645. The highest BCUT2D eigenvalue weighted by Gasteiger charge is 2.09. The lowest BCUT2D eigenvalue weighted by Crippen LogP contribution is -1.89. The van der Waals surface area contributed by atoms with Gasteiger partial charge < -0.3 is 0 Å². The summed E-state index contributed by atoms with van der Waals surface area (Å²) in [6.07, 6.45) is 0.767. The van der Waals surface area contributed by atoms with Crippen LogP contribution in [0.5, 0.6) is 0 Å². The van der Waals surface area contributed by atoms with Crippen LogP contribution in [0, 0.1) is 12.7 Å². The maximum Gasteiger partial charge on any atom is 0.128 e. The zero-order chi connectivity index (χ0) is 9.42. The molecule has 0 spiro atoms. The van der Waals surface area contributed by atoms with Crippen LogP contribution < -0.4 is 0 Å². The summed E-state index contributed by atoms with van der Waals surface area (Å²) in [6, 6.07) is 3.70. The van der Waals surface area contributed by atoms with Gasteiger partial charge in [0, 0.05) is 10.3 Å². The molecule has 0 atom stereocenters. The number of rotatable bonds is 1. The molecule has 0 bridgehead atoms. The van der Waals surface area contributed by atoms with Crippen molar-refractivity contribution in [3.8, 4) is 0 Å². The molecule has 1 heterocycles. The average molecular weight is 194 g/mol. The Kier molecular flexibility index (Phi) is 2.08. The van der Waals surface area contributed by atoms with Gasteiger partial charge in [0.15, 0.2) is 0 Å². The summed E-state index contributed by atoms with van der Waals surface area (Å²) in [5, 5.41) is 3.22. The van der Waals surface area contributed by atoms with Gasteiger partial charge in [-0.05, 0) is 41.8 Å². The predicted molar refractivity (Wildman–Crippen MR) is 55.9 cm³/mol. The number of thiophene rings is 1. The van der Waals surface area contributed by atoms with Crippen molar-refractivity contribution in [1.29, 1.82) is 0 Å². The van der Waals surface area contributed by atoms with Gasteiger partial charge in [0.25, 0.3) is 0 Å². The van der Waals surface area contributed by atoms with E-state index < -0.39 is 0 Å². The molecule has 0 amide bonds. The molecule has 0 aliphatic rings. The van der Waals surface area contributed by atoms with E-state index in [2.05, 4.69) is 6.07 Å². The second-order valence-electron chi connectivity index (χ2n) is 3.17. The van der Waals surface area contributed by atoms with Gasteiger partial charge in [-0.3, -0.25) is 0 Å². The number of hydrogen-bond acceptors (Lipinski definition) is 1. The van der Waals surface area contributed by atoms with Crippen molar-refractivity contribution < 1.29 is 4.39 Å². The van der Waals surface area contributed by atoms with E-state index in [0.29, 0.717) is 0 Å². The van der Waals surface area contributed by atoms with Gasteiger partial charge in [0.05, 0.1) is 0 Å². The number of benzene rings is 1. The van der Waals surface area contributed by atoms with E-state index in [-0.39, 0.29) is 5.82 Å². The number of fused-ring (bicyclic) bond motifs is 1. The molecule has 2 rings (SSSR count). The van der Waals surface area contributed by atoms with Crippen LogP contribution in [0.15, 0.2) is 17.5 Å². The summed E-state index contributed by atoms with van der Waals surface area (Å²) in [5.74, 6) is -0.0602. The Labute approximate surface area is 81.0 Å². The first-order chi connectivity index (χ1) is 6.24. The van der Waals surface area contributed by atoms with Crippen molar-refractivity contribution in [3.05, 3.63) is 34.5 Å². The topological polar surface area (TPSA) is 0 Å². The molecular weight excluding hydrogens is 183 g/mol. The van der Waals surface area contributed by atoms with Crippen molar-refractivity contribution >= 4 is 21.4 Å². The summed E-state index contributed by atoms with van der Waals surface area (Å²) < 4.78 is 14.6. The van der Waals surface area contributed by atoms with Gasteiger partial charge in [-0.1, -0.05) is 6.92 Å². The number of hydrogen-bond donors (Lipinski definition) is 0. The van der Waals surface area contributed by atoms with Crippen LogP contribution in [0.2, 0.25) is 0 Å². The fraction of sp³-hybridized carbons (Fsp3) is 0.273. The third-order valence-electron chi connectivity index (χ3n) is 2.35. The SMILES string of the molecule is CCc1c(F)cc(C)c2ccsc12. The summed E-state index contributed by atoms with van der Waals surface area (Å²) >= 11 is 1.63. The smallest absolute Gasteiger partial charge is 0.128 e. The van der Waals surface area contributed by atoms with Crippen molar-refractivity contribution in [1.82, 2.24) is 0 Å². The Hall–Kier alpha value is -0.890. The third kappa shape index (κ3) is 1.25. The van der Waals surface area contributed by atoms with Gasteiger partial charge >= 0.3 is 0 Å². The van der Waals surface area contributed by atoms with E-state index in [9.17, 15) is 4.39 Å². The molecule has 68 valence electrons. The fourth-order valence-corrected chi connectivity index (χ4v) is 2.73. The minimum atomic E-state index is -0.0602. The Balaban J connectivity index is 2.88. The molecule has 0 unspecified atom stereocenters. The largest absolute Gasteiger partial charge is 0.207 e. The molecule has 0 N–H and O–H groups in total. The minimum Gasteiger partial charge on any atom is -0.207 e. The Morgan fingerprint density at radius 1 is 1.46 bits per heavy atom. The van der Waals surface area contributed by atoms with Crippen LogP contribution in [0.1, 0.15) is 18.1 Å². The van der Waals surface area contributed by atoms with Crippen LogP contribution in [-0.4, -0.2) is 0 Å². The van der Waals surface area contributed by atoms with Crippen LogP contribution in [0.3, 0.4) is 0 Å². The molecule has 0 fully saturated rings. The van der Waals surface area contributed by atoms with Crippen molar-refractivity contribution in [3.63, 3.8) is 0 Å². The van der Waals surface area contributed by atoms with Crippen LogP contribution >= 0.6 is 11.3 Å². The normalized spacial score (nSPS) is 11.0. The number of aryl methyl sites for hydroxylation is 2. The van der Waals surface area contributed by atoms with Crippen molar-refractivity contribution in [2.24, 2.45) is 0 Å². The number of halogens is 1. The fourth-order valence-electron chi connectivity index (χ4n) is 1.65. The molecule has 1 aromatic heterocycles. The van der Waals surface area contributed by atoms with Crippen molar-refractivity contribution in [2.45, 2.75) is 20.3 Å². The second-order valence-corrected chi connectivity index (χ2v) is 4.09. The average Bonchev–Trinajstić information content (AvgIpc) is 2.53. The van der Waals surface area contributed by atoms with Gasteiger partial charge in [0.1, 0.15) is 5.82 Å². The standard InChI is InChI=1S/C11H11FS/c1-3-8-10(12)6-7(2)9-4-5-13-11(8)9/h4-6H,3H2,1-2H3. The van der Waals surface area contributed by atoms with Crippen LogP contribution in [-0.2, 0) is 6.42 Å². The lowest BCUT2D eigenvalue weighted by molar-refractivity contribution is 0.614. The molecule has 0 saturated carbocycles. The molecule has 2 heteroatoms. The molecule has 2 aromatic rings. The molecule has 0 nitrogen and oxygen atoms in total. The van der Waals surface area contributed by atoms with E-state index in [0.717, 1.165) is 22.2 Å². The minimum absolute atomic E-state index is 0.0602. The monoisotopic (exact) mass is 194 g/mol. The lowest BCUT2D eigenvalue weighted by Gasteiger charge is -2.03. The summed E-state index contributed by atoms with van der Waals surface area (Å²) in [7, 11) is 0. The van der Waals surface area contributed by atoms with E-state index in [1.165, 1.54) is 5.39 Å². The highest BCUT2D eigenvalue weighted by Crippen LogP contribution is 2.30. The predicted octanol–water partition coefficient (Wildman–Crippen LogP) is 3.91. The summed E-state index contributed by atoms with van der Waals surface area (Å²) in [5.41, 5.74) is 1.89. The molecule has 13 heavy (non-hydrogen) atoms. The molecular formula is C11H11FS. The highest BCUT2D eigenvalue weighted by molar-refractivity contribution is 7.17. The van der Waals surface area contributed by atoms with E-state index >= 15 is 0 Å². The zero-order valence-corrected chi connectivity index (χ0v) is 8.54. The molecule has 0 aliphatic carbocycles. The van der Waals surface area contributed by atoms with Crippen molar-refractivity contribution in [2.75, 3.05) is 0 Å². The lowest BCUT2D eigenvalue weighted by atomic mass is 10.1. The highest BCUT2D eigenvalue weighted by atomic mass is 32.1. The summed E-state index contributed by atoms with van der Waals surface area (Å²) in [6.45, 7) is 3.95. The Morgan fingerprint density at radius 2 is 2.23 bits per heavy atom. The first-order valence-corrected chi connectivity index (χ1v) is 5.27. The molecule has 0 radical (unpaired) electrons. The van der Waals surface area contributed by atoms with E-state index in [1.54, 1.807) is 17.4 Å². The van der Waals surface area contributed by atoms with E-state index in [4.69, 9.17) is 0 Å². The Bertz CT molecular complexity index is 443. The van der Waals surface area contributed by atoms with Gasteiger partial charge in [-0.15, -0.1) is 11.3 Å². The third-order valence-corrected chi connectivity index (χ3v) is 3.32. The first-order valence-electron chi connectivity index (χ1n) is 4.39. The second kappa shape index (κ2) is 3.11. The first kappa shape index (κ1) is 8.70. The summed E-state index contributed by atoms with van der Waals surface area (Å²) in [4.78, 5) is 0. The van der Waals surface area contributed by atoms with E-state index in [1.807, 2.05) is 19.2 Å². The maximum atomic E-state index is 13.5. The molecule has 1 aromatic carbocycles. The van der Waals surface area contributed by atoms with Crippen LogP contribution in [0.25, 0.3) is 10.1 Å². The molecule has 0 saturated heterocycles. The van der Waals surface area contributed by atoms with Gasteiger partial charge in [0.2, 0.25) is 0 Å². The zero-order valence-electron chi connectivity index (χ0n) is 7.73. The maximum absolute atomic E-state index is 13.5. The Morgan fingerprint density at radius 3 is 2.92 bits per heavy atom. The molecule has 0 aliphatic heterocycles. The van der Waals surface area contributed by atoms with Gasteiger partial charge in [-0.25, -0.2) is 4.39 Å². The van der Waals surface area contributed by atoms with Crippen LogP contribution in [0.4, 0.5) is 4.39 Å².